The minimum Gasteiger partial charge on any atom is -0.457 e. The van der Waals surface area contributed by atoms with Crippen molar-refractivity contribution in [2.24, 2.45) is 0 Å². The van der Waals surface area contributed by atoms with Crippen LogP contribution < -0.4 is 4.74 Å². The Hall–Kier alpha value is -2.09. The Labute approximate surface area is 101 Å². The monoisotopic (exact) mass is 226 g/mol. The summed E-state index contributed by atoms with van der Waals surface area (Å²) in [6.45, 7) is 3.51. The van der Waals surface area contributed by atoms with Crippen molar-refractivity contribution in [3.63, 3.8) is 0 Å². The molecule has 0 bridgehead atoms. The highest BCUT2D eigenvalue weighted by Gasteiger charge is 2.04. The average Bonchev–Trinajstić information content (AvgIpc) is 2.29. The van der Waals surface area contributed by atoms with Gasteiger partial charge in [0, 0.05) is 5.56 Å². The number of rotatable bonds is 3. The van der Waals surface area contributed by atoms with E-state index in [1.165, 1.54) is 0 Å². The van der Waals surface area contributed by atoms with Crippen LogP contribution in [0.15, 0.2) is 48.5 Å². The lowest BCUT2D eigenvalue weighted by Gasteiger charge is -2.08. The Morgan fingerprint density at radius 2 is 1.71 bits per heavy atom. The molecular formula is C15H14O2. The van der Waals surface area contributed by atoms with Crippen LogP contribution in [0.3, 0.4) is 0 Å². The summed E-state index contributed by atoms with van der Waals surface area (Å²) >= 11 is 0. The summed E-state index contributed by atoms with van der Waals surface area (Å²) in [5.74, 6) is 1.51. The zero-order chi connectivity index (χ0) is 12.3. The van der Waals surface area contributed by atoms with Gasteiger partial charge in [0.25, 0.3) is 0 Å². The molecule has 2 heteroatoms. The number of hydrogen-bond donors (Lipinski definition) is 0. The van der Waals surface area contributed by atoms with Gasteiger partial charge in [-0.1, -0.05) is 18.2 Å². The lowest BCUT2D eigenvalue weighted by molar-refractivity contribution is 0.101. The van der Waals surface area contributed by atoms with Gasteiger partial charge >= 0.3 is 0 Å². The Morgan fingerprint density at radius 1 is 1.00 bits per heavy atom. The van der Waals surface area contributed by atoms with E-state index in [9.17, 15) is 4.79 Å². The van der Waals surface area contributed by atoms with Gasteiger partial charge in [0.15, 0.2) is 5.78 Å². The number of hydrogen-bond acceptors (Lipinski definition) is 2. The van der Waals surface area contributed by atoms with Crippen molar-refractivity contribution in [2.45, 2.75) is 13.8 Å². The van der Waals surface area contributed by atoms with Gasteiger partial charge in [0.05, 0.1) is 0 Å². The molecule has 86 valence electrons. The number of para-hydroxylation sites is 1. The first-order valence-corrected chi connectivity index (χ1v) is 5.51. The summed E-state index contributed by atoms with van der Waals surface area (Å²) in [5, 5.41) is 0. The number of ketones is 1. The minimum atomic E-state index is 0.0478. The van der Waals surface area contributed by atoms with Crippen LogP contribution in [0.25, 0.3) is 0 Å². The molecule has 0 saturated carbocycles. The van der Waals surface area contributed by atoms with Gasteiger partial charge in [-0.25, -0.2) is 0 Å². The Bertz CT molecular complexity index is 530. The van der Waals surface area contributed by atoms with Crippen LogP contribution in [-0.4, -0.2) is 5.78 Å². The molecule has 0 N–H and O–H groups in total. The summed E-state index contributed by atoms with van der Waals surface area (Å²) in [5.41, 5.74) is 1.69. The molecule has 0 radical (unpaired) electrons. The summed E-state index contributed by atoms with van der Waals surface area (Å²) < 4.78 is 5.70. The van der Waals surface area contributed by atoms with Crippen LogP contribution in [0.1, 0.15) is 22.8 Å². The first-order valence-electron chi connectivity index (χ1n) is 5.51. The van der Waals surface area contributed by atoms with E-state index >= 15 is 0 Å². The highest BCUT2D eigenvalue weighted by Crippen LogP contribution is 2.23. The number of ether oxygens (including phenoxy) is 1. The maximum absolute atomic E-state index is 11.3. The van der Waals surface area contributed by atoms with Gasteiger partial charge in [-0.3, -0.25) is 4.79 Å². The lowest BCUT2D eigenvalue weighted by atomic mass is 10.1. The molecule has 2 aromatic carbocycles. The van der Waals surface area contributed by atoms with Gasteiger partial charge < -0.3 is 4.74 Å². The van der Waals surface area contributed by atoms with Crippen molar-refractivity contribution in [1.82, 2.24) is 0 Å². The van der Waals surface area contributed by atoms with Crippen LogP contribution in [0.4, 0.5) is 0 Å². The van der Waals surface area contributed by atoms with Crippen LogP contribution in [-0.2, 0) is 0 Å². The van der Waals surface area contributed by atoms with E-state index in [1.807, 2.05) is 49.4 Å². The van der Waals surface area contributed by atoms with Gasteiger partial charge in [-0.2, -0.15) is 0 Å². The normalized spacial score (nSPS) is 10.0. The van der Waals surface area contributed by atoms with Gasteiger partial charge in [0.1, 0.15) is 11.5 Å². The Balaban J connectivity index is 2.30. The maximum atomic E-state index is 11.3. The predicted octanol–water partition coefficient (Wildman–Crippen LogP) is 3.99. The predicted molar refractivity (Wildman–Crippen MR) is 67.7 cm³/mol. The highest BCUT2D eigenvalue weighted by atomic mass is 16.5. The van der Waals surface area contributed by atoms with Crippen molar-refractivity contribution < 1.29 is 9.53 Å². The molecule has 0 aliphatic rings. The first kappa shape index (κ1) is 11.4. The SMILES string of the molecule is CC(=O)c1cc(C)cc(Oc2ccccc2)c1. The molecule has 0 heterocycles. The molecule has 0 spiro atoms. The molecule has 0 aromatic heterocycles. The van der Waals surface area contributed by atoms with E-state index < -0.39 is 0 Å². The van der Waals surface area contributed by atoms with Crippen molar-refractivity contribution in [3.05, 3.63) is 59.7 Å². The molecule has 0 amide bonds. The largest absolute Gasteiger partial charge is 0.457 e. The molecular weight excluding hydrogens is 212 g/mol. The highest BCUT2D eigenvalue weighted by molar-refractivity contribution is 5.94. The molecule has 0 unspecified atom stereocenters. The number of aryl methyl sites for hydroxylation is 1. The first-order chi connectivity index (χ1) is 8.15. The van der Waals surface area contributed by atoms with Crippen molar-refractivity contribution >= 4 is 5.78 Å². The molecule has 2 aromatic rings. The lowest BCUT2D eigenvalue weighted by Crippen LogP contribution is -1.94. The summed E-state index contributed by atoms with van der Waals surface area (Å²) in [7, 11) is 0. The van der Waals surface area contributed by atoms with Gasteiger partial charge in [-0.05, 0) is 49.7 Å². The molecule has 0 atom stereocenters. The minimum absolute atomic E-state index is 0.0478. The Kier molecular flexibility index (Phi) is 3.24. The van der Waals surface area contributed by atoms with Crippen LogP contribution >= 0.6 is 0 Å². The molecule has 2 rings (SSSR count). The topological polar surface area (TPSA) is 26.3 Å². The quantitative estimate of drug-likeness (QED) is 0.740. The van der Waals surface area contributed by atoms with Crippen LogP contribution in [0, 0.1) is 6.92 Å². The third-order valence-corrected chi connectivity index (χ3v) is 2.44. The average molecular weight is 226 g/mol. The number of carbonyl (C=O) groups excluding carboxylic acids is 1. The molecule has 2 nitrogen and oxygen atoms in total. The zero-order valence-corrected chi connectivity index (χ0v) is 9.94. The number of benzene rings is 2. The Morgan fingerprint density at radius 3 is 2.35 bits per heavy atom. The second-order valence-electron chi connectivity index (χ2n) is 4.01. The smallest absolute Gasteiger partial charge is 0.159 e. The molecule has 0 fully saturated rings. The maximum Gasteiger partial charge on any atom is 0.159 e. The molecule has 0 aliphatic heterocycles. The summed E-state index contributed by atoms with van der Waals surface area (Å²) in [6, 6.07) is 15.1. The third kappa shape index (κ3) is 2.94. The number of Topliss-reactive ketones (excluding diaryl/α,β-unsaturated/α-hetero) is 1. The van der Waals surface area contributed by atoms with Gasteiger partial charge in [-0.15, -0.1) is 0 Å². The second kappa shape index (κ2) is 4.83. The van der Waals surface area contributed by atoms with E-state index in [1.54, 1.807) is 13.0 Å². The standard InChI is InChI=1S/C15H14O2/c1-11-8-13(12(2)16)10-15(9-11)17-14-6-4-3-5-7-14/h3-10H,1-2H3. The fourth-order valence-corrected chi connectivity index (χ4v) is 1.63. The summed E-state index contributed by atoms with van der Waals surface area (Å²) in [4.78, 5) is 11.3. The van der Waals surface area contributed by atoms with E-state index in [4.69, 9.17) is 4.74 Å². The van der Waals surface area contributed by atoms with Crippen LogP contribution in [0.5, 0.6) is 11.5 Å². The van der Waals surface area contributed by atoms with E-state index in [-0.39, 0.29) is 5.78 Å². The van der Waals surface area contributed by atoms with Gasteiger partial charge in [0.2, 0.25) is 0 Å². The fraction of sp³-hybridized carbons (Fsp3) is 0.133. The number of carbonyl (C=O) groups is 1. The molecule has 0 aliphatic carbocycles. The molecule has 17 heavy (non-hydrogen) atoms. The van der Waals surface area contributed by atoms with Crippen LogP contribution in [0.2, 0.25) is 0 Å². The summed E-state index contributed by atoms with van der Waals surface area (Å²) in [6.07, 6.45) is 0. The second-order valence-corrected chi connectivity index (χ2v) is 4.01. The van der Waals surface area contributed by atoms with Crippen molar-refractivity contribution in [3.8, 4) is 11.5 Å². The fourth-order valence-electron chi connectivity index (χ4n) is 1.63. The van der Waals surface area contributed by atoms with E-state index in [0.717, 1.165) is 11.3 Å². The van der Waals surface area contributed by atoms with E-state index in [0.29, 0.717) is 11.3 Å². The molecule has 0 saturated heterocycles. The zero-order valence-electron chi connectivity index (χ0n) is 9.94. The van der Waals surface area contributed by atoms with Crippen molar-refractivity contribution in [2.75, 3.05) is 0 Å². The van der Waals surface area contributed by atoms with Crippen molar-refractivity contribution in [1.29, 1.82) is 0 Å². The third-order valence-electron chi connectivity index (χ3n) is 2.44. The van der Waals surface area contributed by atoms with E-state index in [2.05, 4.69) is 0 Å².